The quantitative estimate of drug-likeness (QED) is 0.668. The number of sulfonamides is 1. The average Bonchev–Trinajstić information content (AvgIpc) is 2.28. The highest BCUT2D eigenvalue weighted by Crippen LogP contribution is 2.19. The third-order valence-electron chi connectivity index (χ3n) is 1.99. The highest BCUT2D eigenvalue weighted by molar-refractivity contribution is 9.10. The Kier molecular flexibility index (Phi) is 5.12. The molecule has 1 aromatic rings. The topological polar surface area (TPSA) is 46.2 Å². The van der Waals surface area contributed by atoms with Crippen molar-refractivity contribution < 1.29 is 12.8 Å². The zero-order valence-corrected chi connectivity index (χ0v) is 11.3. The summed E-state index contributed by atoms with van der Waals surface area (Å²) in [5.41, 5.74) is 0. The van der Waals surface area contributed by atoms with Gasteiger partial charge in [-0.1, -0.05) is 0 Å². The molecule has 0 saturated heterocycles. The number of terminal acetylenes is 1. The molecule has 1 N–H and O–H groups in total. The molecule has 0 bridgehead atoms. The van der Waals surface area contributed by atoms with Gasteiger partial charge in [-0.25, -0.2) is 17.5 Å². The minimum atomic E-state index is -3.66. The van der Waals surface area contributed by atoms with E-state index >= 15 is 0 Å². The SMILES string of the molecule is C#CCCCNS(=O)(=O)c1ccc(Br)c(F)c1. The summed E-state index contributed by atoms with van der Waals surface area (Å²) in [6.07, 6.45) is 6.09. The predicted molar refractivity (Wildman–Crippen MR) is 67.4 cm³/mol. The van der Waals surface area contributed by atoms with Gasteiger partial charge in [0, 0.05) is 13.0 Å². The van der Waals surface area contributed by atoms with Crippen LogP contribution in [0.3, 0.4) is 0 Å². The highest BCUT2D eigenvalue weighted by atomic mass is 79.9. The van der Waals surface area contributed by atoms with Gasteiger partial charge in [0.2, 0.25) is 10.0 Å². The molecule has 0 amide bonds. The van der Waals surface area contributed by atoms with Gasteiger partial charge in [0.05, 0.1) is 9.37 Å². The van der Waals surface area contributed by atoms with Crippen molar-refractivity contribution in [3.05, 3.63) is 28.5 Å². The number of rotatable bonds is 5. The summed E-state index contributed by atoms with van der Waals surface area (Å²) in [5, 5.41) is 0. The van der Waals surface area contributed by atoms with Crippen LogP contribution in [0.4, 0.5) is 4.39 Å². The van der Waals surface area contributed by atoms with Gasteiger partial charge in [-0.05, 0) is 40.5 Å². The molecule has 0 unspecified atom stereocenters. The summed E-state index contributed by atoms with van der Waals surface area (Å²) in [6.45, 7) is 0.240. The molecule has 0 radical (unpaired) electrons. The zero-order valence-electron chi connectivity index (χ0n) is 8.91. The molecule has 0 atom stereocenters. The van der Waals surface area contributed by atoms with Crippen LogP contribution in [0.2, 0.25) is 0 Å². The largest absolute Gasteiger partial charge is 0.240 e. The Bertz CT molecular complexity index is 537. The summed E-state index contributed by atoms with van der Waals surface area (Å²) >= 11 is 2.96. The molecule has 0 saturated carbocycles. The van der Waals surface area contributed by atoms with Gasteiger partial charge in [-0.2, -0.15) is 0 Å². The molecule has 0 spiro atoms. The van der Waals surface area contributed by atoms with Gasteiger partial charge in [0.15, 0.2) is 0 Å². The molecule has 0 aromatic heterocycles. The van der Waals surface area contributed by atoms with E-state index in [0.29, 0.717) is 12.8 Å². The second-order valence-corrected chi connectivity index (χ2v) is 5.90. The molecule has 0 aliphatic rings. The van der Waals surface area contributed by atoms with E-state index in [0.717, 1.165) is 6.07 Å². The number of unbranched alkanes of at least 4 members (excludes halogenated alkanes) is 1. The molecule has 0 fully saturated rings. The minimum absolute atomic E-state index is 0.0982. The van der Waals surface area contributed by atoms with Gasteiger partial charge in [0.25, 0.3) is 0 Å². The van der Waals surface area contributed by atoms with Crippen LogP contribution in [-0.2, 0) is 10.0 Å². The zero-order chi connectivity index (χ0) is 12.9. The van der Waals surface area contributed by atoms with Crippen LogP contribution in [0.15, 0.2) is 27.6 Å². The summed E-state index contributed by atoms with van der Waals surface area (Å²) in [5.74, 6) is 1.79. The fraction of sp³-hybridized carbons (Fsp3) is 0.273. The minimum Gasteiger partial charge on any atom is -0.211 e. The van der Waals surface area contributed by atoms with Crippen molar-refractivity contribution in [3.8, 4) is 12.3 Å². The summed E-state index contributed by atoms with van der Waals surface area (Å²) in [4.78, 5) is -0.0982. The third kappa shape index (κ3) is 4.11. The van der Waals surface area contributed by atoms with Crippen LogP contribution < -0.4 is 4.72 Å². The van der Waals surface area contributed by atoms with Gasteiger partial charge in [-0.15, -0.1) is 12.3 Å². The summed E-state index contributed by atoms with van der Waals surface area (Å²) < 4.78 is 39.2. The summed E-state index contributed by atoms with van der Waals surface area (Å²) in [7, 11) is -3.66. The lowest BCUT2D eigenvalue weighted by atomic mass is 10.3. The van der Waals surface area contributed by atoms with Crippen molar-refractivity contribution in [2.75, 3.05) is 6.54 Å². The molecule has 6 heteroatoms. The first kappa shape index (κ1) is 14.2. The number of hydrogen-bond acceptors (Lipinski definition) is 2. The van der Waals surface area contributed by atoms with E-state index in [4.69, 9.17) is 6.42 Å². The number of benzene rings is 1. The third-order valence-corrected chi connectivity index (χ3v) is 4.09. The van der Waals surface area contributed by atoms with Crippen molar-refractivity contribution in [2.45, 2.75) is 17.7 Å². The van der Waals surface area contributed by atoms with E-state index in [1.54, 1.807) is 0 Å². The molecular formula is C11H11BrFNO2S. The lowest BCUT2D eigenvalue weighted by molar-refractivity contribution is 0.575. The lowest BCUT2D eigenvalue weighted by Gasteiger charge is -2.06. The maximum Gasteiger partial charge on any atom is 0.240 e. The molecule has 3 nitrogen and oxygen atoms in total. The van der Waals surface area contributed by atoms with Crippen LogP contribution >= 0.6 is 15.9 Å². The van der Waals surface area contributed by atoms with Crippen molar-refractivity contribution in [3.63, 3.8) is 0 Å². The monoisotopic (exact) mass is 319 g/mol. The van der Waals surface area contributed by atoms with Crippen LogP contribution in [0.5, 0.6) is 0 Å². The maximum atomic E-state index is 13.2. The smallest absolute Gasteiger partial charge is 0.211 e. The first-order chi connectivity index (χ1) is 7.97. The highest BCUT2D eigenvalue weighted by Gasteiger charge is 2.14. The van der Waals surface area contributed by atoms with Gasteiger partial charge in [0.1, 0.15) is 5.82 Å². The second-order valence-electron chi connectivity index (χ2n) is 3.28. The van der Waals surface area contributed by atoms with E-state index in [1.165, 1.54) is 12.1 Å². The molecule has 92 valence electrons. The molecule has 17 heavy (non-hydrogen) atoms. The van der Waals surface area contributed by atoms with Crippen molar-refractivity contribution >= 4 is 26.0 Å². The van der Waals surface area contributed by atoms with E-state index < -0.39 is 15.8 Å². The van der Waals surface area contributed by atoms with E-state index in [1.807, 2.05) is 0 Å². The van der Waals surface area contributed by atoms with Gasteiger partial charge < -0.3 is 0 Å². The van der Waals surface area contributed by atoms with Crippen LogP contribution in [-0.4, -0.2) is 15.0 Å². The molecule has 0 aliphatic heterocycles. The molecular weight excluding hydrogens is 309 g/mol. The fourth-order valence-electron chi connectivity index (χ4n) is 1.12. The molecule has 1 rings (SSSR count). The number of hydrogen-bond donors (Lipinski definition) is 1. The van der Waals surface area contributed by atoms with Crippen molar-refractivity contribution in [2.24, 2.45) is 0 Å². The Balaban J connectivity index is 2.76. The first-order valence-corrected chi connectivity index (χ1v) is 7.13. The van der Waals surface area contributed by atoms with E-state index in [9.17, 15) is 12.8 Å². The maximum absolute atomic E-state index is 13.2. The average molecular weight is 320 g/mol. The Labute approximate surface area is 109 Å². The Hall–Kier alpha value is -0.900. The number of nitrogens with one attached hydrogen (secondary N) is 1. The normalized spacial score (nSPS) is 11.1. The molecule has 1 aromatic carbocycles. The predicted octanol–water partition coefficient (Wildman–Crippen LogP) is 2.28. The molecule has 0 aliphatic carbocycles. The molecule has 0 heterocycles. The van der Waals surface area contributed by atoms with Crippen molar-refractivity contribution in [1.82, 2.24) is 4.72 Å². The lowest BCUT2D eigenvalue weighted by Crippen LogP contribution is -2.24. The second kappa shape index (κ2) is 6.15. The number of halogens is 2. The van der Waals surface area contributed by atoms with Crippen LogP contribution in [0.25, 0.3) is 0 Å². The van der Waals surface area contributed by atoms with Crippen molar-refractivity contribution in [1.29, 1.82) is 0 Å². The van der Waals surface area contributed by atoms with Crippen LogP contribution in [0, 0.1) is 18.2 Å². The standard InChI is InChI=1S/C11H11BrFNO2S/c1-2-3-4-7-14-17(15,16)9-5-6-10(12)11(13)8-9/h1,5-6,8,14H,3-4,7H2. The Morgan fingerprint density at radius 2 is 2.18 bits per heavy atom. The van der Waals surface area contributed by atoms with E-state index in [-0.39, 0.29) is 15.9 Å². The van der Waals surface area contributed by atoms with Gasteiger partial charge in [-0.3, -0.25) is 0 Å². The van der Waals surface area contributed by atoms with E-state index in [2.05, 4.69) is 26.6 Å². The Morgan fingerprint density at radius 1 is 1.47 bits per heavy atom. The summed E-state index contributed by atoms with van der Waals surface area (Å²) in [6, 6.07) is 3.65. The van der Waals surface area contributed by atoms with Gasteiger partial charge >= 0.3 is 0 Å². The fourth-order valence-corrected chi connectivity index (χ4v) is 2.46. The van der Waals surface area contributed by atoms with Crippen LogP contribution in [0.1, 0.15) is 12.8 Å². The Morgan fingerprint density at radius 3 is 2.76 bits per heavy atom. The first-order valence-electron chi connectivity index (χ1n) is 4.85.